The number of nitrogens with two attached hydrogens (primary N) is 1. The summed E-state index contributed by atoms with van der Waals surface area (Å²) in [6.07, 6.45) is 1.58. The van der Waals surface area contributed by atoms with Crippen molar-refractivity contribution in [3.8, 4) is 0 Å². The molecule has 0 bridgehead atoms. The number of rotatable bonds is 3. The maximum atomic E-state index is 12.5. The van der Waals surface area contributed by atoms with Crippen LogP contribution in [-0.2, 0) is 6.54 Å². The molecule has 0 radical (unpaired) electrons. The molecule has 0 spiro atoms. The fraction of sp³-hybridized carbons (Fsp3) is 0.667. The van der Waals surface area contributed by atoms with Gasteiger partial charge in [0.25, 0.3) is 5.92 Å². The predicted molar refractivity (Wildman–Crippen MR) is 52.8 cm³/mol. The Kier molecular flexibility index (Phi) is 2.38. The molecular weight excluding hydrogens is 202 g/mol. The summed E-state index contributed by atoms with van der Waals surface area (Å²) in [6, 6.07) is 0. The topological polar surface area (TPSA) is 47.1 Å². The number of nitrogens with zero attached hydrogens (tertiary/aromatic N) is 3. The molecule has 1 saturated heterocycles. The molecule has 1 aromatic heterocycles. The molecule has 0 aromatic carbocycles. The van der Waals surface area contributed by atoms with Gasteiger partial charge >= 0.3 is 0 Å². The van der Waals surface area contributed by atoms with Crippen LogP contribution in [-0.4, -0.2) is 40.2 Å². The van der Waals surface area contributed by atoms with E-state index in [1.165, 1.54) is 0 Å². The van der Waals surface area contributed by atoms with Crippen molar-refractivity contribution in [3.05, 3.63) is 11.9 Å². The standard InChI is InChI=1S/C9H14F2N4/c1-7-8(12)4-13-15(7)3-2-14-5-9(10,11)6-14/h4H,2-3,5-6,12H2,1H3. The SMILES string of the molecule is Cc1c(N)cnn1CCN1CC(F)(F)C1. The molecule has 0 aliphatic carbocycles. The van der Waals surface area contributed by atoms with E-state index in [0.717, 1.165) is 5.69 Å². The van der Waals surface area contributed by atoms with Gasteiger partial charge in [-0.1, -0.05) is 0 Å². The van der Waals surface area contributed by atoms with E-state index < -0.39 is 5.92 Å². The lowest BCUT2D eigenvalue weighted by Crippen LogP contribution is -2.56. The van der Waals surface area contributed by atoms with E-state index >= 15 is 0 Å². The van der Waals surface area contributed by atoms with Gasteiger partial charge in [0.1, 0.15) is 0 Å². The Bertz CT molecular complexity index is 353. The molecule has 15 heavy (non-hydrogen) atoms. The highest BCUT2D eigenvalue weighted by Gasteiger charge is 2.43. The van der Waals surface area contributed by atoms with Crippen LogP contribution in [0.5, 0.6) is 0 Å². The van der Waals surface area contributed by atoms with Gasteiger partial charge in [-0.2, -0.15) is 5.10 Å². The molecular formula is C9H14F2N4. The van der Waals surface area contributed by atoms with Gasteiger partial charge in [-0.15, -0.1) is 0 Å². The van der Waals surface area contributed by atoms with E-state index in [2.05, 4.69) is 5.10 Å². The van der Waals surface area contributed by atoms with E-state index in [0.29, 0.717) is 18.8 Å². The van der Waals surface area contributed by atoms with E-state index in [1.54, 1.807) is 15.8 Å². The number of halogens is 2. The number of alkyl halides is 2. The molecule has 84 valence electrons. The summed E-state index contributed by atoms with van der Waals surface area (Å²) in [7, 11) is 0. The second-order valence-corrected chi connectivity index (χ2v) is 3.98. The monoisotopic (exact) mass is 216 g/mol. The van der Waals surface area contributed by atoms with Gasteiger partial charge in [0, 0.05) is 6.54 Å². The van der Waals surface area contributed by atoms with Crippen molar-refractivity contribution in [2.75, 3.05) is 25.4 Å². The maximum Gasteiger partial charge on any atom is 0.272 e. The lowest BCUT2D eigenvalue weighted by atomic mass is 10.1. The Morgan fingerprint density at radius 2 is 2.13 bits per heavy atom. The van der Waals surface area contributed by atoms with Crippen molar-refractivity contribution < 1.29 is 8.78 Å². The smallest absolute Gasteiger partial charge is 0.272 e. The first-order chi connectivity index (χ1) is 6.98. The summed E-state index contributed by atoms with van der Waals surface area (Å²) in [5.41, 5.74) is 7.15. The predicted octanol–water partition coefficient (Wildman–Crippen LogP) is 0.725. The zero-order valence-electron chi connectivity index (χ0n) is 8.58. The largest absolute Gasteiger partial charge is 0.396 e. The number of hydrogen-bond donors (Lipinski definition) is 1. The molecule has 6 heteroatoms. The average molecular weight is 216 g/mol. The van der Waals surface area contributed by atoms with Gasteiger partial charge in [-0.3, -0.25) is 9.58 Å². The highest BCUT2D eigenvalue weighted by atomic mass is 19.3. The number of hydrogen-bond acceptors (Lipinski definition) is 3. The van der Waals surface area contributed by atoms with E-state index in [4.69, 9.17) is 5.73 Å². The second-order valence-electron chi connectivity index (χ2n) is 3.98. The number of aromatic nitrogens is 2. The Balaban J connectivity index is 1.82. The molecule has 2 rings (SSSR count). The van der Waals surface area contributed by atoms with Crippen LogP contribution in [0.2, 0.25) is 0 Å². The van der Waals surface area contributed by atoms with Crippen LogP contribution in [0, 0.1) is 6.92 Å². The van der Waals surface area contributed by atoms with Crippen LogP contribution < -0.4 is 5.73 Å². The molecule has 0 amide bonds. The van der Waals surface area contributed by atoms with Gasteiger partial charge in [0.05, 0.1) is 37.2 Å². The first-order valence-corrected chi connectivity index (χ1v) is 4.86. The van der Waals surface area contributed by atoms with Crippen molar-refractivity contribution in [3.63, 3.8) is 0 Å². The van der Waals surface area contributed by atoms with Crippen LogP contribution in [0.3, 0.4) is 0 Å². The van der Waals surface area contributed by atoms with Crippen LogP contribution in [0.1, 0.15) is 5.69 Å². The van der Waals surface area contributed by atoms with Crippen molar-refractivity contribution >= 4 is 5.69 Å². The Morgan fingerprint density at radius 1 is 1.47 bits per heavy atom. The zero-order valence-corrected chi connectivity index (χ0v) is 8.58. The molecule has 1 aliphatic heterocycles. The fourth-order valence-electron chi connectivity index (χ4n) is 1.69. The van der Waals surface area contributed by atoms with Gasteiger partial charge in [0.2, 0.25) is 0 Å². The van der Waals surface area contributed by atoms with E-state index in [-0.39, 0.29) is 13.1 Å². The summed E-state index contributed by atoms with van der Waals surface area (Å²) >= 11 is 0. The minimum atomic E-state index is -2.49. The second kappa shape index (κ2) is 3.44. The lowest BCUT2D eigenvalue weighted by molar-refractivity contribution is -0.131. The van der Waals surface area contributed by atoms with E-state index in [1.807, 2.05) is 6.92 Å². The van der Waals surface area contributed by atoms with Gasteiger partial charge in [0.15, 0.2) is 0 Å². The molecule has 4 nitrogen and oxygen atoms in total. The minimum Gasteiger partial charge on any atom is -0.396 e. The Morgan fingerprint density at radius 3 is 2.60 bits per heavy atom. The fourth-order valence-corrected chi connectivity index (χ4v) is 1.69. The summed E-state index contributed by atoms with van der Waals surface area (Å²) in [6.45, 7) is 2.80. The quantitative estimate of drug-likeness (QED) is 0.810. The molecule has 0 atom stereocenters. The Hall–Kier alpha value is -1.17. The van der Waals surface area contributed by atoms with E-state index in [9.17, 15) is 8.78 Å². The van der Waals surface area contributed by atoms with Gasteiger partial charge < -0.3 is 5.73 Å². The van der Waals surface area contributed by atoms with Crippen molar-refractivity contribution in [1.29, 1.82) is 0 Å². The van der Waals surface area contributed by atoms with Crippen LogP contribution in [0.25, 0.3) is 0 Å². The van der Waals surface area contributed by atoms with Gasteiger partial charge in [-0.25, -0.2) is 8.78 Å². The third kappa shape index (κ3) is 2.09. The molecule has 2 heterocycles. The third-order valence-electron chi connectivity index (χ3n) is 2.68. The molecule has 1 aliphatic rings. The summed E-state index contributed by atoms with van der Waals surface area (Å²) < 4.78 is 26.8. The zero-order chi connectivity index (χ0) is 11.1. The highest BCUT2D eigenvalue weighted by Crippen LogP contribution is 2.26. The van der Waals surface area contributed by atoms with Crippen molar-refractivity contribution in [2.24, 2.45) is 0 Å². The highest BCUT2D eigenvalue weighted by molar-refractivity contribution is 5.39. The summed E-state index contributed by atoms with van der Waals surface area (Å²) in [5.74, 6) is -2.49. The third-order valence-corrected chi connectivity index (χ3v) is 2.68. The molecule has 1 aromatic rings. The Labute approximate surface area is 86.7 Å². The maximum absolute atomic E-state index is 12.5. The first kappa shape index (κ1) is 10.4. The number of likely N-dealkylation sites (tertiary alicyclic amines) is 1. The number of nitrogen functional groups attached to an aromatic ring is 1. The average Bonchev–Trinajstić information content (AvgIpc) is 2.41. The van der Waals surface area contributed by atoms with Crippen LogP contribution >= 0.6 is 0 Å². The first-order valence-electron chi connectivity index (χ1n) is 4.86. The molecule has 1 fully saturated rings. The molecule has 2 N–H and O–H groups in total. The van der Waals surface area contributed by atoms with Crippen LogP contribution in [0.4, 0.5) is 14.5 Å². The normalized spacial score (nSPS) is 20.2. The van der Waals surface area contributed by atoms with Gasteiger partial charge in [-0.05, 0) is 6.92 Å². The summed E-state index contributed by atoms with van der Waals surface area (Å²) in [5, 5.41) is 4.06. The van der Waals surface area contributed by atoms with Crippen LogP contribution in [0.15, 0.2) is 6.20 Å². The van der Waals surface area contributed by atoms with Crippen molar-refractivity contribution in [2.45, 2.75) is 19.4 Å². The molecule has 0 saturated carbocycles. The summed E-state index contributed by atoms with van der Waals surface area (Å²) in [4.78, 5) is 1.71. The van der Waals surface area contributed by atoms with Crippen molar-refractivity contribution in [1.82, 2.24) is 14.7 Å². The minimum absolute atomic E-state index is 0.136. The lowest BCUT2D eigenvalue weighted by Gasteiger charge is -2.38. The number of anilines is 1. The molecule has 0 unspecified atom stereocenters.